The molecule has 4 heteroatoms. The van der Waals surface area contributed by atoms with Crippen LogP contribution in [0.15, 0.2) is 193 Å². The van der Waals surface area contributed by atoms with E-state index in [1.807, 2.05) is 84.9 Å². The first-order valence-electron chi connectivity index (χ1n) is 17.3. The molecule has 0 aliphatic rings. The van der Waals surface area contributed by atoms with Gasteiger partial charge >= 0.3 is 0 Å². The Morgan fingerprint density at radius 2 is 1.25 bits per heavy atom. The van der Waals surface area contributed by atoms with Gasteiger partial charge in [0.1, 0.15) is 0 Å². The van der Waals surface area contributed by atoms with Crippen molar-refractivity contribution in [2.24, 2.45) is 9.98 Å². The van der Waals surface area contributed by atoms with Crippen molar-refractivity contribution in [1.29, 1.82) is 0 Å². The molecular weight excluding hydrogens is 633 g/mol. The Morgan fingerprint density at radius 3 is 1.83 bits per heavy atom. The van der Waals surface area contributed by atoms with Gasteiger partial charge in [-0.15, -0.1) is 0 Å². The van der Waals surface area contributed by atoms with Crippen LogP contribution in [-0.4, -0.2) is 22.4 Å². The van der Waals surface area contributed by atoms with Gasteiger partial charge in [0.05, 0.1) is 29.3 Å². The Hall–Kier alpha value is -6.52. The average molecular weight is 675 g/mol. The summed E-state index contributed by atoms with van der Waals surface area (Å²) in [4.78, 5) is 19.3. The summed E-state index contributed by atoms with van der Waals surface area (Å²) in [5.41, 5.74) is 11.5. The zero-order valence-electron chi connectivity index (χ0n) is 29.8. The Labute approximate surface area is 307 Å². The number of hydrogen-bond acceptors (Lipinski definition) is 4. The quantitative estimate of drug-likeness (QED) is 0.0904. The number of aliphatic imine (C=N–C) groups is 2. The van der Waals surface area contributed by atoms with E-state index in [-0.39, 0.29) is 5.41 Å². The van der Waals surface area contributed by atoms with Gasteiger partial charge in [-0.05, 0) is 46.7 Å². The average Bonchev–Trinajstić information content (AvgIpc) is 3.21. The number of benzene rings is 5. The normalized spacial score (nSPS) is 12.3. The molecule has 254 valence electrons. The lowest BCUT2D eigenvalue weighted by molar-refractivity contribution is 0.640. The molecule has 1 heterocycles. The van der Waals surface area contributed by atoms with Crippen molar-refractivity contribution in [2.45, 2.75) is 25.8 Å². The molecular formula is C48H42N4. The minimum Gasteiger partial charge on any atom is -0.280 e. The molecule has 0 radical (unpaired) electrons. The number of allylic oxidation sites excluding steroid dienone is 5. The van der Waals surface area contributed by atoms with Crippen LogP contribution in [0, 0.1) is 0 Å². The number of hydrogen-bond donors (Lipinski definition) is 0. The second-order valence-electron chi connectivity index (χ2n) is 12.9. The van der Waals surface area contributed by atoms with Gasteiger partial charge in [0.2, 0.25) is 0 Å². The lowest BCUT2D eigenvalue weighted by Crippen LogP contribution is -2.18. The molecule has 0 saturated heterocycles. The Morgan fingerprint density at radius 1 is 0.673 bits per heavy atom. The first-order valence-corrected chi connectivity index (χ1v) is 17.3. The first kappa shape index (κ1) is 35.3. The van der Waals surface area contributed by atoms with Crippen molar-refractivity contribution in [1.82, 2.24) is 9.97 Å². The van der Waals surface area contributed by atoms with Gasteiger partial charge in [-0.1, -0.05) is 185 Å². The SMILES string of the molecule is C=C/C=C(\C=C)c1cc(-c2ccccc2)nc(-c2ccc(C(C)(C)c3ccc(CN=C(/C=C(\N=C)c4ccccc4)c4ccccc4)cc3)cc2)n1. The molecule has 4 nitrogen and oxygen atoms in total. The summed E-state index contributed by atoms with van der Waals surface area (Å²) in [6.07, 6.45) is 7.48. The van der Waals surface area contributed by atoms with Crippen LogP contribution in [0.25, 0.3) is 33.9 Å². The van der Waals surface area contributed by atoms with Crippen LogP contribution < -0.4 is 0 Å². The minimum absolute atomic E-state index is 0.237. The van der Waals surface area contributed by atoms with Gasteiger partial charge in [0.25, 0.3) is 0 Å². The molecule has 6 aromatic rings. The van der Waals surface area contributed by atoms with E-state index in [4.69, 9.17) is 15.0 Å². The second kappa shape index (κ2) is 16.5. The summed E-state index contributed by atoms with van der Waals surface area (Å²) in [7, 11) is 0. The highest BCUT2D eigenvalue weighted by molar-refractivity contribution is 6.12. The molecule has 6 rings (SSSR count). The molecule has 0 bridgehead atoms. The molecule has 0 amide bonds. The summed E-state index contributed by atoms with van der Waals surface area (Å²) >= 11 is 0. The fourth-order valence-electron chi connectivity index (χ4n) is 6.06. The van der Waals surface area contributed by atoms with Gasteiger partial charge in [-0.3, -0.25) is 9.98 Å². The predicted octanol–water partition coefficient (Wildman–Crippen LogP) is 11.6. The number of aromatic nitrogens is 2. The van der Waals surface area contributed by atoms with Gasteiger partial charge in [0, 0.05) is 22.1 Å². The largest absolute Gasteiger partial charge is 0.280 e. The third kappa shape index (κ3) is 8.26. The Bertz CT molecular complexity index is 2240. The molecule has 5 aromatic carbocycles. The van der Waals surface area contributed by atoms with E-state index in [1.165, 1.54) is 11.1 Å². The van der Waals surface area contributed by atoms with Crippen LogP contribution in [0.4, 0.5) is 0 Å². The molecule has 0 atom stereocenters. The standard InChI is InChI=1S/C48H42N4/c1-6-17-36(7-2)45-33-46(39-22-15-10-16-23-39)52-47(51-45)40-26-30-42(31-27-40)48(3,4)41-28-24-35(25-29-41)34-50-44(38-20-13-9-14-21-38)32-43(49-5)37-18-11-8-12-19-37/h6-33H,1-2,5,34H2,3-4H3/b36-17+,43-32-,50-44?. The monoisotopic (exact) mass is 674 g/mol. The summed E-state index contributed by atoms with van der Waals surface area (Å²) in [6.45, 7) is 16.7. The van der Waals surface area contributed by atoms with E-state index in [2.05, 4.69) is 112 Å². The van der Waals surface area contributed by atoms with Crippen LogP contribution in [0.5, 0.6) is 0 Å². The van der Waals surface area contributed by atoms with Crippen LogP contribution in [0.3, 0.4) is 0 Å². The molecule has 0 N–H and O–H groups in total. The first-order chi connectivity index (χ1) is 25.4. The van der Waals surface area contributed by atoms with Crippen molar-refractivity contribution in [2.75, 3.05) is 0 Å². The van der Waals surface area contributed by atoms with E-state index in [0.29, 0.717) is 12.4 Å². The topological polar surface area (TPSA) is 50.5 Å². The molecule has 0 unspecified atom stereocenters. The second-order valence-corrected chi connectivity index (χ2v) is 12.9. The molecule has 0 aliphatic carbocycles. The minimum atomic E-state index is -0.237. The van der Waals surface area contributed by atoms with E-state index >= 15 is 0 Å². The van der Waals surface area contributed by atoms with Crippen LogP contribution >= 0.6 is 0 Å². The van der Waals surface area contributed by atoms with Gasteiger partial charge in [0.15, 0.2) is 5.82 Å². The molecule has 0 spiro atoms. The van der Waals surface area contributed by atoms with Crippen LogP contribution in [-0.2, 0) is 12.0 Å². The van der Waals surface area contributed by atoms with Gasteiger partial charge < -0.3 is 0 Å². The Balaban J connectivity index is 1.25. The number of nitrogens with zero attached hydrogens (tertiary/aromatic N) is 4. The maximum absolute atomic E-state index is 5.05. The van der Waals surface area contributed by atoms with Crippen molar-refractivity contribution in [3.8, 4) is 22.6 Å². The third-order valence-electron chi connectivity index (χ3n) is 9.16. The zero-order valence-corrected chi connectivity index (χ0v) is 29.8. The maximum Gasteiger partial charge on any atom is 0.160 e. The van der Waals surface area contributed by atoms with Crippen molar-refractivity contribution in [3.05, 3.63) is 217 Å². The molecule has 0 saturated carbocycles. The van der Waals surface area contributed by atoms with Gasteiger partial charge in [-0.25, -0.2) is 9.97 Å². The molecule has 0 aliphatic heterocycles. The summed E-state index contributed by atoms with van der Waals surface area (Å²) in [5, 5.41) is 0. The summed E-state index contributed by atoms with van der Waals surface area (Å²) < 4.78 is 0. The fourth-order valence-corrected chi connectivity index (χ4v) is 6.06. The van der Waals surface area contributed by atoms with Crippen molar-refractivity contribution >= 4 is 23.7 Å². The van der Waals surface area contributed by atoms with E-state index < -0.39 is 0 Å². The summed E-state index contributed by atoms with van der Waals surface area (Å²) in [6, 6.07) is 49.8. The molecule has 1 aromatic heterocycles. The highest BCUT2D eigenvalue weighted by Gasteiger charge is 2.23. The number of rotatable bonds is 13. The third-order valence-corrected chi connectivity index (χ3v) is 9.16. The zero-order chi connectivity index (χ0) is 36.3. The highest BCUT2D eigenvalue weighted by atomic mass is 14.9. The van der Waals surface area contributed by atoms with Crippen LogP contribution in [0.2, 0.25) is 0 Å². The highest BCUT2D eigenvalue weighted by Crippen LogP contribution is 2.33. The van der Waals surface area contributed by atoms with Crippen LogP contribution in [0.1, 0.15) is 47.4 Å². The van der Waals surface area contributed by atoms with Gasteiger partial charge in [-0.2, -0.15) is 0 Å². The molecule has 0 fully saturated rings. The predicted molar refractivity (Wildman–Crippen MR) is 220 cm³/mol. The lowest BCUT2D eigenvalue weighted by atomic mass is 9.78. The van der Waals surface area contributed by atoms with E-state index in [9.17, 15) is 0 Å². The van der Waals surface area contributed by atoms with Crippen molar-refractivity contribution < 1.29 is 0 Å². The summed E-state index contributed by atoms with van der Waals surface area (Å²) in [5.74, 6) is 0.659. The Kier molecular flexibility index (Phi) is 11.2. The smallest absolute Gasteiger partial charge is 0.160 e. The van der Waals surface area contributed by atoms with E-state index in [1.54, 1.807) is 12.2 Å². The fraction of sp³-hybridized carbons (Fsp3) is 0.0833. The maximum atomic E-state index is 5.05. The van der Waals surface area contributed by atoms with Crippen molar-refractivity contribution in [3.63, 3.8) is 0 Å². The molecule has 52 heavy (non-hydrogen) atoms. The lowest BCUT2D eigenvalue weighted by Gasteiger charge is -2.26. The van der Waals surface area contributed by atoms with E-state index in [0.717, 1.165) is 56.2 Å².